The number of benzene rings is 5. The van der Waals surface area contributed by atoms with E-state index >= 15 is 0 Å². The lowest BCUT2D eigenvalue weighted by Crippen LogP contribution is -2.60. The number of hydrogen-bond donors (Lipinski definition) is 8. The average Bonchev–Trinajstić information content (AvgIpc) is 3.82. The Kier molecular flexibility index (Phi) is 15.7. The molecule has 0 aliphatic carbocycles. The molecule has 13 nitrogen and oxygen atoms in total. The first-order valence-corrected chi connectivity index (χ1v) is 20.7. The molecule has 1 heterocycles. The van der Waals surface area contributed by atoms with Gasteiger partial charge in [-0.1, -0.05) is 133 Å². The van der Waals surface area contributed by atoms with Gasteiger partial charge in [-0.2, -0.15) is 0 Å². The lowest BCUT2D eigenvalue weighted by molar-refractivity contribution is -0.142. The van der Waals surface area contributed by atoms with Crippen LogP contribution in [0.15, 0.2) is 158 Å². The van der Waals surface area contributed by atoms with E-state index < -0.39 is 53.4 Å². The first-order chi connectivity index (χ1) is 30.2. The van der Waals surface area contributed by atoms with Crippen molar-refractivity contribution in [2.75, 3.05) is 6.54 Å². The van der Waals surface area contributed by atoms with Gasteiger partial charge < -0.3 is 36.9 Å². The van der Waals surface area contributed by atoms with Crippen LogP contribution < -0.4 is 27.0 Å². The quantitative estimate of drug-likeness (QED) is 0.0350. The van der Waals surface area contributed by atoms with Gasteiger partial charge in [0.25, 0.3) is 0 Å². The van der Waals surface area contributed by atoms with Gasteiger partial charge in [0.05, 0.1) is 23.6 Å². The third kappa shape index (κ3) is 11.8. The van der Waals surface area contributed by atoms with Gasteiger partial charge in [-0.05, 0) is 65.8 Å². The zero-order valence-corrected chi connectivity index (χ0v) is 34.3. The summed E-state index contributed by atoms with van der Waals surface area (Å²) in [5, 5.41) is 32.1. The molecule has 13 heteroatoms. The second kappa shape index (κ2) is 22.0. The molecule has 0 radical (unpaired) electrons. The van der Waals surface area contributed by atoms with Gasteiger partial charge in [0.2, 0.25) is 17.7 Å². The number of imidazole rings is 1. The maximum absolute atomic E-state index is 14.9. The summed E-state index contributed by atoms with van der Waals surface area (Å²) in [5.74, 6) is -3.05. The fourth-order valence-electron chi connectivity index (χ4n) is 7.60. The molecule has 6 aromatic rings. The number of phenolic OH excluding ortho intramolecular Hbond substituents is 1. The summed E-state index contributed by atoms with van der Waals surface area (Å²) in [7, 11) is 0. The number of aliphatic carboxylic acids is 1. The van der Waals surface area contributed by atoms with E-state index in [2.05, 4.69) is 31.2 Å². The lowest BCUT2D eigenvalue weighted by Gasteiger charge is -2.40. The van der Waals surface area contributed by atoms with Gasteiger partial charge in [-0.15, -0.1) is 0 Å². The SMILES string of the molecule is NCCCC[C@H](NC(=O)[C@@H](Cc1c[nH]cn1)NC(c1ccccc1)(c1ccccc1)c1ccccc1)C(=O)N[C@@H](Cc1ccccc1)C(=O)N[C@@H](Cc1ccc(O)cc1)C(=O)O. The summed E-state index contributed by atoms with van der Waals surface area (Å²) in [6.07, 6.45) is 4.69. The van der Waals surface area contributed by atoms with E-state index in [-0.39, 0.29) is 31.4 Å². The van der Waals surface area contributed by atoms with Crippen LogP contribution in [0.2, 0.25) is 0 Å². The predicted molar refractivity (Wildman–Crippen MR) is 237 cm³/mol. The first kappa shape index (κ1) is 44.5. The van der Waals surface area contributed by atoms with Crippen molar-refractivity contribution in [3.63, 3.8) is 0 Å². The van der Waals surface area contributed by atoms with Crippen molar-refractivity contribution in [2.45, 2.75) is 68.2 Å². The predicted octanol–water partition coefficient (Wildman–Crippen LogP) is 4.76. The second-order valence-electron chi connectivity index (χ2n) is 15.2. The molecule has 0 saturated carbocycles. The number of unbranched alkanes of at least 4 members (excludes halogenated alkanes) is 1. The summed E-state index contributed by atoms with van der Waals surface area (Å²) in [6, 6.07) is 40.1. The molecule has 0 aliphatic rings. The number of nitrogens with one attached hydrogen (secondary N) is 5. The van der Waals surface area contributed by atoms with Crippen LogP contribution in [-0.4, -0.2) is 74.6 Å². The number of carbonyl (C=O) groups is 4. The van der Waals surface area contributed by atoms with Crippen LogP contribution in [0, 0.1) is 0 Å². The number of aromatic nitrogens is 2. The van der Waals surface area contributed by atoms with Crippen molar-refractivity contribution in [2.24, 2.45) is 5.73 Å². The average molecular weight is 836 g/mol. The van der Waals surface area contributed by atoms with E-state index in [1.807, 2.05) is 109 Å². The summed E-state index contributed by atoms with van der Waals surface area (Å²) in [4.78, 5) is 63.3. The third-order valence-electron chi connectivity index (χ3n) is 10.8. The van der Waals surface area contributed by atoms with E-state index in [1.54, 1.807) is 36.8 Å². The second-order valence-corrected chi connectivity index (χ2v) is 15.2. The highest BCUT2D eigenvalue weighted by molar-refractivity contribution is 5.94. The summed E-state index contributed by atoms with van der Waals surface area (Å²) in [5.41, 5.74) is 9.40. The Bertz CT molecular complexity index is 2220. The minimum atomic E-state index is -1.34. The Morgan fingerprint density at radius 3 is 1.56 bits per heavy atom. The number of H-pyrrole nitrogens is 1. The summed E-state index contributed by atoms with van der Waals surface area (Å²) < 4.78 is 0. The van der Waals surface area contributed by atoms with E-state index in [4.69, 9.17) is 5.73 Å². The lowest BCUT2D eigenvalue weighted by atomic mass is 9.76. The van der Waals surface area contributed by atoms with Crippen LogP contribution in [0.4, 0.5) is 0 Å². The maximum Gasteiger partial charge on any atom is 0.326 e. The molecule has 0 spiro atoms. The molecule has 62 heavy (non-hydrogen) atoms. The minimum absolute atomic E-state index is 0.0227. The van der Waals surface area contributed by atoms with Crippen LogP contribution >= 0.6 is 0 Å². The number of nitrogens with two attached hydrogens (primary N) is 1. The smallest absolute Gasteiger partial charge is 0.326 e. The number of rotatable bonds is 22. The standard InChI is InChI=1S/C49H53N7O6/c50-28-14-13-23-41(45(58)54-42(29-34-15-5-1-6-16-34)46(59)55-44(48(61)62)30-35-24-26-40(57)27-25-35)53-47(60)43(31-39-32-51-33-52-39)56-49(36-17-7-2-8-18-36,37-19-9-3-10-20-37)38-21-11-4-12-22-38/h1-12,15-22,24-27,32-33,41-44,56-57H,13-14,23,28-31,50H2,(H,51,52)(H,53,60)(H,54,58)(H,55,59)(H,61,62)/t41-,42-,43+,44-/m0/s1. The van der Waals surface area contributed by atoms with Gasteiger partial charge in [-0.25, -0.2) is 9.78 Å². The van der Waals surface area contributed by atoms with Crippen LogP contribution in [0.25, 0.3) is 0 Å². The molecule has 9 N–H and O–H groups in total. The molecule has 0 bridgehead atoms. The number of carboxylic acids is 1. The largest absolute Gasteiger partial charge is 0.508 e. The number of aromatic hydroxyl groups is 1. The van der Waals surface area contributed by atoms with E-state index in [0.717, 1.165) is 22.3 Å². The summed E-state index contributed by atoms with van der Waals surface area (Å²) in [6.45, 7) is 0.371. The van der Waals surface area contributed by atoms with Crippen molar-refractivity contribution in [1.29, 1.82) is 0 Å². The van der Waals surface area contributed by atoms with Crippen molar-refractivity contribution in [1.82, 2.24) is 31.2 Å². The Morgan fingerprint density at radius 2 is 1.05 bits per heavy atom. The van der Waals surface area contributed by atoms with Crippen LogP contribution in [0.3, 0.4) is 0 Å². The number of carbonyl (C=O) groups excluding carboxylic acids is 3. The van der Waals surface area contributed by atoms with Crippen molar-refractivity contribution in [3.8, 4) is 5.75 Å². The van der Waals surface area contributed by atoms with E-state index in [0.29, 0.717) is 30.6 Å². The molecule has 5 aromatic carbocycles. The first-order valence-electron chi connectivity index (χ1n) is 20.7. The summed E-state index contributed by atoms with van der Waals surface area (Å²) >= 11 is 0. The number of amides is 3. The van der Waals surface area contributed by atoms with Crippen molar-refractivity contribution >= 4 is 23.7 Å². The monoisotopic (exact) mass is 835 g/mol. The fourth-order valence-corrected chi connectivity index (χ4v) is 7.60. The fraction of sp³-hybridized carbons (Fsp3) is 0.245. The molecule has 0 fully saturated rings. The molecule has 3 amide bonds. The Morgan fingerprint density at radius 1 is 0.581 bits per heavy atom. The Labute approximate surface area is 361 Å². The number of nitrogens with zero attached hydrogens (tertiary/aromatic N) is 1. The van der Waals surface area contributed by atoms with Crippen molar-refractivity contribution < 1.29 is 29.4 Å². The third-order valence-corrected chi connectivity index (χ3v) is 10.8. The Balaban J connectivity index is 1.32. The number of carboxylic acid groups (broad SMARTS) is 1. The van der Waals surface area contributed by atoms with Gasteiger partial charge >= 0.3 is 5.97 Å². The molecule has 0 aliphatic heterocycles. The highest BCUT2D eigenvalue weighted by Gasteiger charge is 2.41. The highest BCUT2D eigenvalue weighted by atomic mass is 16.4. The van der Waals surface area contributed by atoms with Gasteiger partial charge in [0.1, 0.15) is 23.9 Å². The molecular formula is C49H53N7O6. The molecule has 320 valence electrons. The number of phenols is 1. The van der Waals surface area contributed by atoms with Gasteiger partial charge in [0, 0.05) is 25.5 Å². The molecule has 0 unspecified atom stereocenters. The highest BCUT2D eigenvalue weighted by Crippen LogP contribution is 2.37. The molecule has 0 saturated heterocycles. The van der Waals surface area contributed by atoms with Crippen LogP contribution in [0.1, 0.15) is 52.8 Å². The van der Waals surface area contributed by atoms with Crippen LogP contribution in [-0.2, 0) is 44.0 Å². The molecule has 4 atom stereocenters. The van der Waals surface area contributed by atoms with Crippen molar-refractivity contribution in [3.05, 3.63) is 192 Å². The van der Waals surface area contributed by atoms with Gasteiger partial charge in [0.15, 0.2) is 0 Å². The van der Waals surface area contributed by atoms with E-state index in [1.165, 1.54) is 12.1 Å². The number of hydrogen-bond acceptors (Lipinski definition) is 8. The molecular weight excluding hydrogens is 783 g/mol. The normalized spacial score (nSPS) is 13.2. The zero-order chi connectivity index (χ0) is 43.7. The Hall–Kier alpha value is -7.09. The number of aromatic amines is 1. The minimum Gasteiger partial charge on any atom is -0.508 e. The zero-order valence-electron chi connectivity index (χ0n) is 34.3. The van der Waals surface area contributed by atoms with Gasteiger partial charge in [-0.3, -0.25) is 19.7 Å². The maximum atomic E-state index is 14.9. The molecule has 6 rings (SSSR count). The van der Waals surface area contributed by atoms with Crippen LogP contribution in [0.5, 0.6) is 5.75 Å². The molecule has 1 aromatic heterocycles. The van der Waals surface area contributed by atoms with E-state index in [9.17, 15) is 29.4 Å². The topological polar surface area (TPSA) is 212 Å².